The zero-order valence-corrected chi connectivity index (χ0v) is 15.4. The molecule has 6 heteroatoms. The molecule has 3 nitrogen and oxygen atoms in total. The lowest BCUT2D eigenvalue weighted by Gasteiger charge is -2.16. The van der Waals surface area contributed by atoms with Crippen molar-refractivity contribution in [1.29, 1.82) is 0 Å². The van der Waals surface area contributed by atoms with Gasteiger partial charge in [0, 0.05) is 10.4 Å². The predicted molar refractivity (Wildman–Crippen MR) is 90.0 cm³/mol. The Morgan fingerprint density at radius 3 is 2.25 bits per heavy atom. The Labute approximate surface area is 139 Å². The molecular weight excluding hydrogens is 406 g/mol. The number of nitrogens with two attached hydrogens (primary N) is 1. The van der Waals surface area contributed by atoms with Crippen molar-refractivity contribution in [2.24, 2.45) is 5.73 Å². The summed E-state index contributed by atoms with van der Waals surface area (Å²) in [6.07, 6.45) is 0. The summed E-state index contributed by atoms with van der Waals surface area (Å²) in [7, 11) is 3.27. The van der Waals surface area contributed by atoms with Gasteiger partial charge in [0.2, 0.25) is 0 Å². The molecule has 1 aromatic carbocycles. The third-order valence-electron chi connectivity index (χ3n) is 3.02. The van der Waals surface area contributed by atoms with E-state index in [1.54, 1.807) is 25.6 Å². The van der Waals surface area contributed by atoms with Crippen LogP contribution in [0.5, 0.6) is 11.5 Å². The molecule has 0 radical (unpaired) electrons. The standard InChI is InChI=1S/C14H15Br2NO2S/c1-7-4-12(20-14(7)16)13(17)8-5-11(19-3)9(15)6-10(8)18-2/h4-6,13H,17H2,1-3H3. The predicted octanol–water partition coefficient (Wildman–Crippen LogP) is 4.65. The fourth-order valence-electron chi connectivity index (χ4n) is 1.92. The molecule has 0 spiro atoms. The van der Waals surface area contributed by atoms with E-state index in [-0.39, 0.29) is 6.04 Å². The first kappa shape index (κ1) is 15.8. The number of benzene rings is 1. The van der Waals surface area contributed by atoms with E-state index >= 15 is 0 Å². The molecule has 1 unspecified atom stereocenters. The molecule has 0 aliphatic rings. The fraction of sp³-hybridized carbons (Fsp3) is 0.286. The van der Waals surface area contributed by atoms with Gasteiger partial charge in [-0.3, -0.25) is 0 Å². The van der Waals surface area contributed by atoms with E-state index in [1.165, 1.54) is 5.56 Å². The summed E-state index contributed by atoms with van der Waals surface area (Å²) >= 11 is 8.62. The molecule has 1 atom stereocenters. The van der Waals surface area contributed by atoms with E-state index < -0.39 is 0 Å². The summed E-state index contributed by atoms with van der Waals surface area (Å²) < 4.78 is 12.7. The fourth-order valence-corrected chi connectivity index (χ4v) is 3.99. The van der Waals surface area contributed by atoms with E-state index in [2.05, 4.69) is 44.8 Å². The van der Waals surface area contributed by atoms with E-state index in [1.807, 2.05) is 12.1 Å². The Morgan fingerprint density at radius 2 is 1.75 bits per heavy atom. The van der Waals surface area contributed by atoms with Crippen LogP contribution in [0.2, 0.25) is 0 Å². The maximum atomic E-state index is 6.39. The first-order valence-corrected chi connectivity index (χ1v) is 8.31. The lowest BCUT2D eigenvalue weighted by Crippen LogP contribution is -2.12. The Balaban J connectivity index is 2.49. The highest BCUT2D eigenvalue weighted by atomic mass is 79.9. The number of hydrogen-bond acceptors (Lipinski definition) is 4. The summed E-state index contributed by atoms with van der Waals surface area (Å²) in [4.78, 5) is 1.08. The zero-order chi connectivity index (χ0) is 14.9. The van der Waals surface area contributed by atoms with Crippen molar-refractivity contribution < 1.29 is 9.47 Å². The lowest BCUT2D eigenvalue weighted by molar-refractivity contribution is 0.395. The van der Waals surface area contributed by atoms with Crippen molar-refractivity contribution >= 4 is 43.2 Å². The smallest absolute Gasteiger partial charge is 0.133 e. The second-order valence-electron chi connectivity index (χ2n) is 4.31. The summed E-state index contributed by atoms with van der Waals surface area (Å²) in [5.41, 5.74) is 8.48. The highest BCUT2D eigenvalue weighted by Crippen LogP contribution is 2.40. The van der Waals surface area contributed by atoms with Crippen LogP contribution in [0.25, 0.3) is 0 Å². The molecule has 0 saturated heterocycles. The van der Waals surface area contributed by atoms with Gasteiger partial charge in [0.05, 0.1) is 28.5 Å². The molecule has 0 fully saturated rings. The molecule has 108 valence electrons. The molecule has 0 amide bonds. The Hall–Kier alpha value is -0.560. The normalized spacial score (nSPS) is 12.3. The number of hydrogen-bond donors (Lipinski definition) is 1. The largest absolute Gasteiger partial charge is 0.496 e. The Morgan fingerprint density at radius 1 is 1.10 bits per heavy atom. The topological polar surface area (TPSA) is 44.5 Å². The molecule has 0 saturated carbocycles. The average molecular weight is 421 g/mol. The highest BCUT2D eigenvalue weighted by Gasteiger charge is 2.19. The Bertz CT molecular complexity index is 608. The van der Waals surface area contributed by atoms with Crippen LogP contribution in [-0.2, 0) is 0 Å². The SMILES string of the molecule is COc1cc(C(N)c2cc(C)c(Br)s2)c(OC)cc1Br. The van der Waals surface area contributed by atoms with Crippen LogP contribution < -0.4 is 15.2 Å². The molecule has 1 heterocycles. The van der Waals surface area contributed by atoms with Crippen LogP contribution in [0.3, 0.4) is 0 Å². The van der Waals surface area contributed by atoms with Crippen LogP contribution >= 0.6 is 43.2 Å². The van der Waals surface area contributed by atoms with Crippen molar-refractivity contribution in [3.8, 4) is 11.5 Å². The number of methoxy groups -OCH3 is 2. The van der Waals surface area contributed by atoms with Gasteiger partial charge in [-0.05, 0) is 62.5 Å². The van der Waals surface area contributed by atoms with Crippen molar-refractivity contribution in [2.45, 2.75) is 13.0 Å². The van der Waals surface area contributed by atoms with Crippen molar-refractivity contribution in [2.75, 3.05) is 14.2 Å². The van der Waals surface area contributed by atoms with Gasteiger partial charge in [0.15, 0.2) is 0 Å². The quantitative estimate of drug-likeness (QED) is 0.782. The van der Waals surface area contributed by atoms with Gasteiger partial charge in [0.25, 0.3) is 0 Å². The molecule has 2 aromatic rings. The zero-order valence-electron chi connectivity index (χ0n) is 11.4. The molecule has 20 heavy (non-hydrogen) atoms. The van der Waals surface area contributed by atoms with Crippen molar-refractivity contribution in [1.82, 2.24) is 0 Å². The van der Waals surface area contributed by atoms with Gasteiger partial charge in [-0.2, -0.15) is 0 Å². The van der Waals surface area contributed by atoms with Gasteiger partial charge in [-0.25, -0.2) is 0 Å². The summed E-state index contributed by atoms with van der Waals surface area (Å²) in [6.45, 7) is 2.05. The summed E-state index contributed by atoms with van der Waals surface area (Å²) in [6, 6.07) is 5.63. The van der Waals surface area contributed by atoms with Gasteiger partial charge in [-0.1, -0.05) is 0 Å². The number of ether oxygens (including phenoxy) is 2. The van der Waals surface area contributed by atoms with Crippen molar-refractivity contribution in [3.63, 3.8) is 0 Å². The van der Waals surface area contributed by atoms with Crippen LogP contribution in [0.15, 0.2) is 26.5 Å². The third-order valence-corrected chi connectivity index (χ3v) is 5.86. The molecule has 0 aliphatic heterocycles. The molecule has 0 bridgehead atoms. The van der Waals surface area contributed by atoms with Gasteiger partial charge >= 0.3 is 0 Å². The van der Waals surface area contributed by atoms with E-state index in [0.717, 1.165) is 30.2 Å². The summed E-state index contributed by atoms with van der Waals surface area (Å²) in [5, 5.41) is 0. The van der Waals surface area contributed by atoms with E-state index in [0.29, 0.717) is 0 Å². The van der Waals surface area contributed by atoms with Crippen LogP contribution in [0.4, 0.5) is 0 Å². The van der Waals surface area contributed by atoms with Crippen LogP contribution in [0, 0.1) is 6.92 Å². The van der Waals surface area contributed by atoms with Crippen LogP contribution in [-0.4, -0.2) is 14.2 Å². The maximum Gasteiger partial charge on any atom is 0.133 e. The highest BCUT2D eigenvalue weighted by molar-refractivity contribution is 9.11. The van der Waals surface area contributed by atoms with Crippen molar-refractivity contribution in [3.05, 3.63) is 42.5 Å². The average Bonchev–Trinajstić information content (AvgIpc) is 2.77. The molecule has 1 aromatic heterocycles. The lowest BCUT2D eigenvalue weighted by atomic mass is 10.0. The third kappa shape index (κ3) is 3.03. The minimum Gasteiger partial charge on any atom is -0.496 e. The molecule has 0 aliphatic carbocycles. The Kier molecular flexibility index (Phi) is 5.12. The van der Waals surface area contributed by atoms with E-state index in [4.69, 9.17) is 15.2 Å². The number of aryl methyl sites for hydroxylation is 1. The monoisotopic (exact) mass is 419 g/mol. The molecular formula is C14H15Br2NO2S. The second kappa shape index (κ2) is 6.47. The molecule has 2 N–H and O–H groups in total. The first-order chi connectivity index (χ1) is 9.47. The maximum absolute atomic E-state index is 6.39. The van der Waals surface area contributed by atoms with Gasteiger partial charge in [-0.15, -0.1) is 11.3 Å². The number of rotatable bonds is 4. The van der Waals surface area contributed by atoms with Gasteiger partial charge in [0.1, 0.15) is 11.5 Å². The minimum atomic E-state index is -0.248. The van der Waals surface area contributed by atoms with Crippen LogP contribution in [0.1, 0.15) is 22.0 Å². The summed E-state index contributed by atoms with van der Waals surface area (Å²) in [5.74, 6) is 1.48. The number of thiophene rings is 1. The second-order valence-corrected chi connectivity index (χ2v) is 7.57. The molecule has 2 rings (SSSR count). The first-order valence-electron chi connectivity index (χ1n) is 5.90. The minimum absolute atomic E-state index is 0.248. The van der Waals surface area contributed by atoms with E-state index in [9.17, 15) is 0 Å². The number of halogens is 2. The van der Waals surface area contributed by atoms with Gasteiger partial charge < -0.3 is 15.2 Å².